The molecule has 1 aliphatic rings. The number of carbonyl (C=O) groups is 2. The van der Waals surface area contributed by atoms with Gasteiger partial charge in [0.15, 0.2) is 34.4 Å². The van der Waals surface area contributed by atoms with Crippen molar-refractivity contribution in [2.24, 2.45) is 0 Å². The Kier molecular flexibility index (Phi) is 7.56. The third-order valence-electron chi connectivity index (χ3n) is 6.95. The molecule has 6 rings (SSSR count). The third kappa shape index (κ3) is 5.19. The molecule has 3 heterocycles. The highest BCUT2D eigenvalue weighted by Crippen LogP contribution is 2.45. The molecule has 0 aliphatic carbocycles. The number of methoxy groups -OCH3 is 1. The van der Waals surface area contributed by atoms with Crippen molar-refractivity contribution in [3.05, 3.63) is 106 Å². The average molecular weight is 598 g/mol. The van der Waals surface area contributed by atoms with E-state index >= 15 is 0 Å². The van der Waals surface area contributed by atoms with Crippen molar-refractivity contribution < 1.29 is 33.3 Å². The summed E-state index contributed by atoms with van der Waals surface area (Å²) in [4.78, 5) is 28.9. The zero-order valence-electron chi connectivity index (χ0n) is 23.6. The molecule has 10 nitrogen and oxygen atoms in total. The number of amides is 1. The van der Waals surface area contributed by atoms with E-state index in [-0.39, 0.29) is 16.5 Å². The van der Waals surface area contributed by atoms with Crippen LogP contribution in [0.15, 0.2) is 88.5 Å². The number of benzene rings is 3. The van der Waals surface area contributed by atoms with Crippen LogP contribution in [0.3, 0.4) is 0 Å². The minimum absolute atomic E-state index is 0.0537. The first kappa shape index (κ1) is 28.0. The predicted molar refractivity (Wildman–Crippen MR) is 160 cm³/mol. The van der Waals surface area contributed by atoms with Crippen LogP contribution in [0.4, 0.5) is 5.13 Å². The molecule has 5 aromatic rings. The molecule has 1 aliphatic heterocycles. The van der Waals surface area contributed by atoms with Crippen LogP contribution in [0.2, 0.25) is 0 Å². The fourth-order valence-electron chi connectivity index (χ4n) is 4.99. The Bertz CT molecular complexity index is 1860. The first-order chi connectivity index (χ1) is 20.9. The van der Waals surface area contributed by atoms with Crippen LogP contribution >= 0.6 is 11.3 Å². The number of hydrogen-bond donors (Lipinski definition) is 1. The smallest absolute Gasteiger partial charge is 0.296 e. The summed E-state index contributed by atoms with van der Waals surface area (Å²) in [6.07, 6.45) is 0. The molecule has 0 bridgehead atoms. The standard InChI is InChI=1S/C32H27N3O7S/c1-4-40-24-15-20(13-14-22(24)41-17-19-9-6-5-7-10-19)27-26(29(37)31(38)35(27)32-34-33-18(2)43-32)28(36)25-16-21-11-8-12-23(39-3)30(21)42-25/h5-16,27,37H,4,17H2,1-3H3. The predicted octanol–water partition coefficient (Wildman–Crippen LogP) is 6.36. The Morgan fingerprint density at radius 2 is 1.81 bits per heavy atom. The van der Waals surface area contributed by atoms with Gasteiger partial charge in [0.05, 0.1) is 25.3 Å². The van der Waals surface area contributed by atoms with Crippen molar-refractivity contribution in [2.45, 2.75) is 26.5 Å². The molecule has 0 radical (unpaired) electrons. The Labute approximate surface area is 250 Å². The summed E-state index contributed by atoms with van der Waals surface area (Å²) in [6.45, 7) is 4.27. The molecule has 3 aromatic carbocycles. The summed E-state index contributed by atoms with van der Waals surface area (Å²) >= 11 is 1.17. The highest BCUT2D eigenvalue weighted by Gasteiger charge is 2.47. The summed E-state index contributed by atoms with van der Waals surface area (Å²) in [5, 5.41) is 20.9. The van der Waals surface area contributed by atoms with Gasteiger partial charge in [-0.05, 0) is 49.2 Å². The molecule has 0 saturated carbocycles. The summed E-state index contributed by atoms with van der Waals surface area (Å²) in [5.41, 5.74) is 1.70. The molecule has 1 amide bonds. The second-order valence-corrected chi connectivity index (χ2v) is 10.8. The number of carbonyl (C=O) groups excluding carboxylic acids is 2. The second-order valence-electron chi connectivity index (χ2n) is 9.68. The summed E-state index contributed by atoms with van der Waals surface area (Å²) in [7, 11) is 1.50. The monoisotopic (exact) mass is 597 g/mol. The first-order valence-electron chi connectivity index (χ1n) is 13.5. The van der Waals surface area contributed by atoms with E-state index < -0.39 is 23.5 Å². The van der Waals surface area contributed by atoms with E-state index in [0.717, 1.165) is 5.56 Å². The van der Waals surface area contributed by atoms with Crippen LogP contribution in [0, 0.1) is 6.92 Å². The number of aliphatic hydroxyl groups excluding tert-OH is 1. The van der Waals surface area contributed by atoms with Crippen LogP contribution < -0.4 is 19.1 Å². The largest absolute Gasteiger partial charge is 0.503 e. The molecule has 11 heteroatoms. The van der Waals surface area contributed by atoms with Gasteiger partial charge in [-0.3, -0.25) is 14.5 Å². The van der Waals surface area contributed by atoms with Crippen molar-refractivity contribution in [1.29, 1.82) is 0 Å². The minimum atomic E-state index is -1.05. The van der Waals surface area contributed by atoms with Gasteiger partial charge in [0.2, 0.25) is 10.9 Å². The number of nitrogens with zero attached hydrogens (tertiary/aromatic N) is 3. The molecule has 1 atom stereocenters. The molecule has 218 valence electrons. The van der Waals surface area contributed by atoms with E-state index in [1.54, 1.807) is 49.4 Å². The number of hydrogen-bond acceptors (Lipinski definition) is 10. The second kappa shape index (κ2) is 11.6. The average Bonchev–Trinajstić information content (AvgIpc) is 3.72. The van der Waals surface area contributed by atoms with Gasteiger partial charge in [0.25, 0.3) is 5.91 Å². The minimum Gasteiger partial charge on any atom is -0.503 e. The molecular formula is C32H27N3O7S. The Morgan fingerprint density at radius 1 is 1.00 bits per heavy atom. The van der Waals surface area contributed by atoms with E-state index in [1.807, 2.05) is 37.3 Å². The van der Waals surface area contributed by atoms with Gasteiger partial charge in [-0.2, -0.15) is 0 Å². The number of para-hydroxylation sites is 1. The molecular weight excluding hydrogens is 570 g/mol. The zero-order valence-corrected chi connectivity index (χ0v) is 24.4. The fourth-order valence-corrected chi connectivity index (χ4v) is 5.71. The molecule has 43 heavy (non-hydrogen) atoms. The molecule has 1 unspecified atom stereocenters. The van der Waals surface area contributed by atoms with Gasteiger partial charge >= 0.3 is 0 Å². The van der Waals surface area contributed by atoms with Gasteiger partial charge in [0.1, 0.15) is 11.6 Å². The highest BCUT2D eigenvalue weighted by molar-refractivity contribution is 7.15. The van der Waals surface area contributed by atoms with Gasteiger partial charge in [-0.15, -0.1) is 10.2 Å². The highest BCUT2D eigenvalue weighted by atomic mass is 32.1. The normalized spacial score (nSPS) is 14.9. The Hall–Kier alpha value is -5.16. The first-order valence-corrected chi connectivity index (χ1v) is 14.3. The molecule has 0 fully saturated rings. The lowest BCUT2D eigenvalue weighted by atomic mass is 9.95. The summed E-state index contributed by atoms with van der Waals surface area (Å²) in [5.74, 6) is -0.821. The number of anilines is 1. The topological polar surface area (TPSA) is 124 Å². The zero-order chi connectivity index (χ0) is 30.1. The van der Waals surface area contributed by atoms with E-state index in [4.69, 9.17) is 18.6 Å². The van der Waals surface area contributed by atoms with Crippen molar-refractivity contribution in [1.82, 2.24) is 10.2 Å². The van der Waals surface area contributed by atoms with Gasteiger partial charge < -0.3 is 23.7 Å². The van der Waals surface area contributed by atoms with E-state index in [9.17, 15) is 14.7 Å². The number of fused-ring (bicyclic) bond motifs is 1. The number of rotatable bonds is 10. The van der Waals surface area contributed by atoms with Crippen molar-refractivity contribution in [2.75, 3.05) is 18.6 Å². The number of furan rings is 1. The number of ether oxygens (including phenoxy) is 3. The van der Waals surface area contributed by atoms with Crippen LogP contribution in [0.5, 0.6) is 17.2 Å². The maximum atomic E-state index is 14.1. The summed E-state index contributed by atoms with van der Waals surface area (Å²) < 4.78 is 23.3. The number of ketones is 1. The van der Waals surface area contributed by atoms with Crippen molar-refractivity contribution in [3.8, 4) is 17.2 Å². The Balaban J connectivity index is 1.43. The van der Waals surface area contributed by atoms with E-state index in [2.05, 4.69) is 10.2 Å². The number of aryl methyl sites for hydroxylation is 1. The molecule has 1 N–H and O–H groups in total. The fraction of sp³-hybridized carbons (Fsp3) is 0.188. The van der Waals surface area contributed by atoms with Crippen LogP contribution in [0.1, 0.15) is 39.7 Å². The van der Waals surface area contributed by atoms with Crippen LogP contribution in [-0.4, -0.2) is 40.7 Å². The lowest BCUT2D eigenvalue weighted by molar-refractivity contribution is -0.117. The number of aliphatic hydroxyl groups is 1. The number of Topliss-reactive ketones (excluding diaryl/α,β-unsaturated/α-hetero) is 1. The maximum Gasteiger partial charge on any atom is 0.296 e. The SMILES string of the molecule is CCOc1cc(C2C(C(=O)c3cc4cccc(OC)c4o3)=C(O)C(=O)N2c2nnc(C)s2)ccc1OCc1ccccc1. The van der Waals surface area contributed by atoms with Crippen molar-refractivity contribution in [3.63, 3.8) is 0 Å². The quantitative estimate of drug-likeness (QED) is 0.183. The van der Waals surface area contributed by atoms with Crippen LogP contribution in [-0.2, 0) is 11.4 Å². The molecule has 2 aromatic heterocycles. The van der Waals surface area contributed by atoms with Crippen molar-refractivity contribution >= 4 is 39.1 Å². The lowest BCUT2D eigenvalue weighted by Crippen LogP contribution is -2.31. The molecule has 0 saturated heterocycles. The van der Waals surface area contributed by atoms with Gasteiger partial charge in [-0.1, -0.05) is 59.9 Å². The third-order valence-corrected chi connectivity index (χ3v) is 7.78. The lowest BCUT2D eigenvalue weighted by Gasteiger charge is -2.25. The summed E-state index contributed by atoms with van der Waals surface area (Å²) in [6, 6.07) is 20.7. The van der Waals surface area contributed by atoms with E-state index in [1.165, 1.54) is 23.3 Å². The van der Waals surface area contributed by atoms with E-state index in [0.29, 0.717) is 52.0 Å². The Morgan fingerprint density at radius 3 is 2.53 bits per heavy atom. The van der Waals surface area contributed by atoms with Gasteiger partial charge in [-0.25, -0.2) is 0 Å². The number of aromatic nitrogens is 2. The van der Waals surface area contributed by atoms with Gasteiger partial charge in [0, 0.05) is 5.39 Å². The maximum absolute atomic E-state index is 14.1. The van der Waals surface area contributed by atoms with Crippen LogP contribution in [0.25, 0.3) is 11.0 Å². The molecule has 0 spiro atoms.